The van der Waals surface area contributed by atoms with E-state index in [2.05, 4.69) is 20.4 Å². The van der Waals surface area contributed by atoms with Gasteiger partial charge in [-0.1, -0.05) is 56.3 Å². The van der Waals surface area contributed by atoms with E-state index < -0.39 is 35.7 Å². The summed E-state index contributed by atoms with van der Waals surface area (Å²) in [5.74, 6) is -2.16. The van der Waals surface area contributed by atoms with Gasteiger partial charge in [-0.05, 0) is 30.2 Å². The smallest absolute Gasteiger partial charge is 0.308 e. The highest BCUT2D eigenvalue weighted by Gasteiger charge is 2.31. The molecule has 3 rings (SSSR count). The molecule has 3 aromatic rings. The molecule has 188 valence electrons. The third-order valence-electron chi connectivity index (χ3n) is 5.49. The van der Waals surface area contributed by atoms with E-state index in [1.807, 2.05) is 24.3 Å². The number of nitrogens with zero attached hydrogens (tertiary/aromatic N) is 1. The number of pyridine rings is 1. The average Bonchev–Trinajstić information content (AvgIpc) is 2.89. The number of Topliss-reactive ketones (excluding diaryl/α,β-unsaturated/α-hetero) is 1. The first kappa shape index (κ1) is 26.3. The molecular formula is C27H29N3O6. The van der Waals surface area contributed by atoms with E-state index in [9.17, 15) is 19.2 Å². The van der Waals surface area contributed by atoms with E-state index in [4.69, 9.17) is 4.74 Å². The first-order chi connectivity index (χ1) is 17.3. The van der Waals surface area contributed by atoms with Crippen LogP contribution in [0.15, 0.2) is 66.7 Å². The van der Waals surface area contributed by atoms with Gasteiger partial charge < -0.3 is 20.1 Å². The molecule has 0 bridgehead atoms. The molecule has 1 heterocycles. The van der Waals surface area contributed by atoms with Gasteiger partial charge in [0.25, 0.3) is 5.91 Å². The fraction of sp³-hybridized carbons (Fsp3) is 0.296. The number of fused-ring (bicyclic) bond motifs is 1. The molecule has 0 fully saturated rings. The minimum atomic E-state index is -1.19. The number of benzene rings is 2. The summed E-state index contributed by atoms with van der Waals surface area (Å²) in [6.45, 7) is 3.16. The van der Waals surface area contributed by atoms with Crippen LogP contribution in [-0.4, -0.2) is 54.4 Å². The fourth-order valence-corrected chi connectivity index (χ4v) is 3.47. The highest BCUT2D eigenvalue weighted by Crippen LogP contribution is 2.13. The third kappa shape index (κ3) is 7.11. The predicted molar refractivity (Wildman–Crippen MR) is 133 cm³/mol. The number of hydrogen-bond donors (Lipinski definition) is 2. The van der Waals surface area contributed by atoms with E-state index >= 15 is 0 Å². The molecule has 0 saturated heterocycles. The number of para-hydroxylation sites is 2. The zero-order valence-electron chi connectivity index (χ0n) is 20.4. The van der Waals surface area contributed by atoms with E-state index in [1.165, 1.54) is 7.11 Å². The number of nitrogens with one attached hydrogen (secondary N) is 2. The molecule has 2 aromatic carbocycles. The lowest BCUT2D eigenvalue weighted by Crippen LogP contribution is -2.54. The van der Waals surface area contributed by atoms with Crippen molar-refractivity contribution in [3.8, 4) is 5.75 Å². The van der Waals surface area contributed by atoms with Crippen LogP contribution in [0.2, 0.25) is 0 Å². The molecule has 2 N–H and O–H groups in total. The number of amides is 2. The number of methoxy groups -OCH3 is 1. The van der Waals surface area contributed by atoms with Crippen molar-refractivity contribution in [3.05, 3.63) is 72.4 Å². The molecule has 0 aliphatic heterocycles. The Kier molecular flexibility index (Phi) is 9.10. The summed E-state index contributed by atoms with van der Waals surface area (Å²) in [6, 6.07) is 17.3. The molecule has 36 heavy (non-hydrogen) atoms. The van der Waals surface area contributed by atoms with Crippen molar-refractivity contribution in [2.24, 2.45) is 5.92 Å². The first-order valence-corrected chi connectivity index (χ1v) is 11.5. The van der Waals surface area contributed by atoms with Crippen molar-refractivity contribution >= 4 is 34.5 Å². The summed E-state index contributed by atoms with van der Waals surface area (Å²) in [6.07, 6.45) is -0.371. The van der Waals surface area contributed by atoms with Crippen LogP contribution in [0.3, 0.4) is 0 Å². The summed E-state index contributed by atoms with van der Waals surface area (Å²) < 4.78 is 10.2. The van der Waals surface area contributed by atoms with Gasteiger partial charge in [0.1, 0.15) is 30.1 Å². The van der Waals surface area contributed by atoms with E-state index in [1.54, 1.807) is 56.3 Å². The minimum absolute atomic E-state index is 0.158. The Hall–Kier alpha value is -4.27. The second-order valence-corrected chi connectivity index (χ2v) is 8.49. The van der Waals surface area contributed by atoms with Gasteiger partial charge in [-0.25, -0.2) is 4.98 Å². The van der Waals surface area contributed by atoms with Crippen molar-refractivity contribution in [1.29, 1.82) is 0 Å². The molecule has 0 aliphatic rings. The van der Waals surface area contributed by atoms with Crippen molar-refractivity contribution in [3.63, 3.8) is 0 Å². The van der Waals surface area contributed by atoms with Gasteiger partial charge in [0.15, 0.2) is 5.78 Å². The number of ether oxygens (including phenoxy) is 2. The standard InChI is InChI=1S/C27H29N3O6/c1-17(2)25(30-26(33)21-14-13-18-9-7-8-12-20(18)28-21)27(34)29-22(15-24(32)35-3)23(31)16-36-19-10-5-4-6-11-19/h4-14,17,22,25H,15-16H2,1-3H3,(H,29,34)(H,30,33)/t22?,25-/m0/s1. The molecule has 2 amide bonds. The quantitative estimate of drug-likeness (QED) is 0.395. The van der Waals surface area contributed by atoms with Crippen molar-refractivity contribution in [2.45, 2.75) is 32.4 Å². The maximum Gasteiger partial charge on any atom is 0.308 e. The van der Waals surface area contributed by atoms with Gasteiger partial charge in [0, 0.05) is 5.39 Å². The number of hydrogen-bond acceptors (Lipinski definition) is 7. The topological polar surface area (TPSA) is 124 Å². The van der Waals surface area contributed by atoms with E-state index in [-0.39, 0.29) is 24.6 Å². The predicted octanol–water partition coefficient (Wildman–Crippen LogP) is 2.69. The van der Waals surface area contributed by atoms with Crippen molar-refractivity contribution < 1.29 is 28.7 Å². The van der Waals surface area contributed by atoms with Crippen LogP contribution < -0.4 is 15.4 Å². The number of rotatable bonds is 11. The normalized spacial score (nSPS) is 12.4. The number of ketones is 1. The summed E-state index contributed by atoms with van der Waals surface area (Å²) in [5, 5.41) is 6.16. The second kappa shape index (κ2) is 12.4. The number of carbonyl (C=O) groups excluding carboxylic acids is 4. The van der Waals surface area contributed by atoms with Gasteiger partial charge in [-0.15, -0.1) is 0 Å². The molecule has 1 aromatic heterocycles. The Morgan fingerprint density at radius 3 is 2.28 bits per heavy atom. The Morgan fingerprint density at radius 2 is 1.58 bits per heavy atom. The summed E-state index contributed by atoms with van der Waals surface area (Å²) in [7, 11) is 1.19. The first-order valence-electron chi connectivity index (χ1n) is 11.5. The van der Waals surface area contributed by atoms with Crippen LogP contribution >= 0.6 is 0 Å². The summed E-state index contributed by atoms with van der Waals surface area (Å²) in [4.78, 5) is 55.1. The molecule has 0 spiro atoms. The van der Waals surface area contributed by atoms with E-state index in [0.29, 0.717) is 11.3 Å². The Morgan fingerprint density at radius 1 is 0.889 bits per heavy atom. The van der Waals surface area contributed by atoms with Crippen LogP contribution in [0.4, 0.5) is 0 Å². The Bertz CT molecular complexity index is 1230. The van der Waals surface area contributed by atoms with Crippen LogP contribution in [0, 0.1) is 5.92 Å². The third-order valence-corrected chi connectivity index (χ3v) is 5.49. The van der Waals surface area contributed by atoms with Crippen LogP contribution in [0.1, 0.15) is 30.8 Å². The highest BCUT2D eigenvalue weighted by atomic mass is 16.5. The molecule has 0 radical (unpaired) electrons. The van der Waals surface area contributed by atoms with Gasteiger partial charge in [-0.2, -0.15) is 0 Å². The number of carbonyl (C=O) groups is 4. The van der Waals surface area contributed by atoms with Crippen LogP contribution in [0.5, 0.6) is 5.75 Å². The molecule has 1 unspecified atom stereocenters. The molecule has 9 heteroatoms. The molecule has 2 atom stereocenters. The minimum Gasteiger partial charge on any atom is -0.486 e. The zero-order chi connectivity index (χ0) is 26.1. The lowest BCUT2D eigenvalue weighted by molar-refractivity contribution is -0.143. The van der Waals surface area contributed by atoms with Crippen LogP contribution in [0.25, 0.3) is 10.9 Å². The van der Waals surface area contributed by atoms with E-state index in [0.717, 1.165) is 5.39 Å². The Balaban J connectivity index is 1.71. The lowest BCUT2D eigenvalue weighted by Gasteiger charge is -2.24. The second-order valence-electron chi connectivity index (χ2n) is 8.49. The number of aromatic nitrogens is 1. The molecule has 0 saturated carbocycles. The monoisotopic (exact) mass is 491 g/mol. The van der Waals surface area contributed by atoms with Crippen LogP contribution in [-0.2, 0) is 19.1 Å². The zero-order valence-corrected chi connectivity index (χ0v) is 20.4. The summed E-state index contributed by atoms with van der Waals surface area (Å²) >= 11 is 0. The molecule has 0 aliphatic carbocycles. The van der Waals surface area contributed by atoms with Crippen molar-refractivity contribution in [2.75, 3.05) is 13.7 Å². The maximum atomic E-state index is 13.1. The number of esters is 1. The van der Waals surface area contributed by atoms with Gasteiger partial charge in [-0.3, -0.25) is 19.2 Å². The molecular weight excluding hydrogens is 462 g/mol. The van der Waals surface area contributed by atoms with Gasteiger partial charge in [0.05, 0.1) is 19.0 Å². The summed E-state index contributed by atoms with van der Waals surface area (Å²) in [5.41, 5.74) is 0.809. The molecule has 9 nitrogen and oxygen atoms in total. The largest absolute Gasteiger partial charge is 0.486 e. The average molecular weight is 492 g/mol. The Labute approximate surface area is 209 Å². The van der Waals surface area contributed by atoms with Crippen molar-refractivity contribution in [1.82, 2.24) is 15.6 Å². The van der Waals surface area contributed by atoms with Gasteiger partial charge in [0.2, 0.25) is 5.91 Å². The van der Waals surface area contributed by atoms with Gasteiger partial charge >= 0.3 is 5.97 Å². The lowest BCUT2D eigenvalue weighted by atomic mass is 10.0. The highest BCUT2D eigenvalue weighted by molar-refractivity contribution is 5.99. The SMILES string of the molecule is COC(=O)CC(NC(=O)[C@@H](NC(=O)c1ccc2ccccc2n1)C(C)C)C(=O)COc1ccccc1. The maximum absolute atomic E-state index is 13.1. The fourth-order valence-electron chi connectivity index (χ4n) is 3.47.